The Bertz CT molecular complexity index is 398. The third kappa shape index (κ3) is 3.96. The molecule has 0 bridgehead atoms. The molecular formula is C11H16ClN3O2. The molecule has 1 aromatic rings. The Morgan fingerprint density at radius 2 is 2.24 bits per heavy atom. The van der Waals surface area contributed by atoms with Crippen LogP contribution in [-0.2, 0) is 6.54 Å². The Kier molecular flexibility index (Phi) is 5.34. The summed E-state index contributed by atoms with van der Waals surface area (Å²) in [5.74, 6) is 0. The van der Waals surface area contributed by atoms with Crippen LogP contribution in [0.1, 0.15) is 12.5 Å². The normalized spacial score (nSPS) is 10.8. The Hall–Kier alpha value is -1.17. The molecule has 17 heavy (non-hydrogen) atoms. The van der Waals surface area contributed by atoms with Crippen molar-refractivity contribution >= 4 is 17.3 Å². The van der Waals surface area contributed by atoms with E-state index in [1.165, 1.54) is 12.1 Å². The van der Waals surface area contributed by atoms with Crippen LogP contribution in [0.15, 0.2) is 18.2 Å². The van der Waals surface area contributed by atoms with Crippen molar-refractivity contribution in [2.45, 2.75) is 13.5 Å². The molecule has 0 aliphatic rings. The number of nitrogens with two attached hydrogens (primary N) is 1. The fraction of sp³-hybridized carbons (Fsp3) is 0.455. The molecule has 2 N–H and O–H groups in total. The van der Waals surface area contributed by atoms with Gasteiger partial charge in [-0.2, -0.15) is 0 Å². The summed E-state index contributed by atoms with van der Waals surface area (Å²) in [6.07, 6.45) is 0. The minimum atomic E-state index is -0.451. The molecule has 6 heteroatoms. The van der Waals surface area contributed by atoms with E-state index in [1.807, 2.05) is 6.92 Å². The second-order valence-electron chi connectivity index (χ2n) is 3.69. The van der Waals surface area contributed by atoms with E-state index in [0.29, 0.717) is 18.1 Å². The fourth-order valence-corrected chi connectivity index (χ4v) is 1.79. The maximum Gasteiger partial charge on any atom is 0.270 e. The molecule has 5 nitrogen and oxygen atoms in total. The van der Waals surface area contributed by atoms with E-state index < -0.39 is 4.92 Å². The van der Waals surface area contributed by atoms with Crippen molar-refractivity contribution < 1.29 is 4.92 Å². The van der Waals surface area contributed by atoms with Crippen LogP contribution in [-0.4, -0.2) is 29.5 Å². The number of non-ortho nitro benzene ring substituents is 1. The van der Waals surface area contributed by atoms with Gasteiger partial charge in [0, 0.05) is 31.8 Å². The average Bonchev–Trinajstić information content (AvgIpc) is 2.30. The predicted octanol–water partition coefficient (Wildman–Crippen LogP) is 2.03. The Morgan fingerprint density at radius 3 is 2.71 bits per heavy atom. The molecule has 1 rings (SSSR count). The lowest BCUT2D eigenvalue weighted by Gasteiger charge is -2.19. The summed E-state index contributed by atoms with van der Waals surface area (Å²) in [5, 5.41) is 11.0. The molecule has 0 atom stereocenters. The van der Waals surface area contributed by atoms with Crippen molar-refractivity contribution in [3.63, 3.8) is 0 Å². The van der Waals surface area contributed by atoms with Gasteiger partial charge < -0.3 is 5.73 Å². The summed E-state index contributed by atoms with van der Waals surface area (Å²) in [6.45, 7) is 4.92. The largest absolute Gasteiger partial charge is 0.329 e. The van der Waals surface area contributed by atoms with Crippen molar-refractivity contribution in [3.05, 3.63) is 38.9 Å². The zero-order chi connectivity index (χ0) is 12.8. The number of hydrogen-bond donors (Lipinski definition) is 1. The maximum atomic E-state index is 10.6. The van der Waals surface area contributed by atoms with Crippen LogP contribution in [0.5, 0.6) is 0 Å². The highest BCUT2D eigenvalue weighted by Crippen LogP contribution is 2.23. The number of benzene rings is 1. The van der Waals surface area contributed by atoms with Crippen molar-refractivity contribution in [3.8, 4) is 0 Å². The van der Waals surface area contributed by atoms with Crippen LogP contribution in [0.25, 0.3) is 0 Å². The van der Waals surface area contributed by atoms with E-state index in [9.17, 15) is 10.1 Å². The van der Waals surface area contributed by atoms with Crippen LogP contribution in [0.3, 0.4) is 0 Å². The lowest BCUT2D eigenvalue weighted by molar-refractivity contribution is -0.384. The topological polar surface area (TPSA) is 72.4 Å². The lowest BCUT2D eigenvalue weighted by atomic mass is 10.2. The number of hydrogen-bond acceptors (Lipinski definition) is 4. The van der Waals surface area contributed by atoms with Crippen molar-refractivity contribution in [1.82, 2.24) is 4.90 Å². The van der Waals surface area contributed by atoms with Crippen molar-refractivity contribution in [2.24, 2.45) is 5.73 Å². The Morgan fingerprint density at radius 1 is 1.53 bits per heavy atom. The van der Waals surface area contributed by atoms with E-state index in [4.69, 9.17) is 17.3 Å². The minimum Gasteiger partial charge on any atom is -0.329 e. The molecule has 0 fully saturated rings. The van der Waals surface area contributed by atoms with Gasteiger partial charge in [0.25, 0.3) is 5.69 Å². The van der Waals surface area contributed by atoms with Gasteiger partial charge in [-0.1, -0.05) is 18.5 Å². The molecule has 0 aliphatic carbocycles. The van der Waals surface area contributed by atoms with E-state index in [-0.39, 0.29) is 5.69 Å². The number of likely N-dealkylation sites (N-methyl/N-ethyl adjacent to an activating group) is 1. The van der Waals surface area contributed by atoms with E-state index >= 15 is 0 Å². The second-order valence-corrected chi connectivity index (χ2v) is 4.10. The molecule has 0 spiro atoms. The first-order valence-corrected chi connectivity index (χ1v) is 5.81. The molecule has 0 radical (unpaired) electrons. The zero-order valence-electron chi connectivity index (χ0n) is 9.73. The highest BCUT2D eigenvalue weighted by atomic mass is 35.5. The van der Waals surface area contributed by atoms with Crippen LogP contribution in [0.4, 0.5) is 5.69 Å². The summed E-state index contributed by atoms with van der Waals surface area (Å²) in [4.78, 5) is 12.2. The summed E-state index contributed by atoms with van der Waals surface area (Å²) >= 11 is 6.01. The molecule has 0 amide bonds. The van der Waals surface area contributed by atoms with Gasteiger partial charge >= 0.3 is 0 Å². The third-order valence-corrected chi connectivity index (χ3v) is 2.89. The fourth-order valence-electron chi connectivity index (χ4n) is 1.55. The van der Waals surface area contributed by atoms with Crippen LogP contribution in [0.2, 0.25) is 5.02 Å². The Balaban J connectivity index is 2.81. The molecule has 0 aromatic heterocycles. The van der Waals surface area contributed by atoms with Crippen molar-refractivity contribution in [2.75, 3.05) is 19.6 Å². The summed E-state index contributed by atoms with van der Waals surface area (Å²) in [7, 11) is 0. The molecule has 0 saturated carbocycles. The van der Waals surface area contributed by atoms with Gasteiger partial charge in [0.1, 0.15) is 0 Å². The SMILES string of the molecule is CCN(CCN)Cc1ccc([N+](=O)[O-])cc1Cl. The van der Waals surface area contributed by atoms with Gasteiger partial charge in [0.2, 0.25) is 0 Å². The van der Waals surface area contributed by atoms with Gasteiger partial charge in [-0.15, -0.1) is 0 Å². The van der Waals surface area contributed by atoms with Gasteiger partial charge in [-0.25, -0.2) is 0 Å². The zero-order valence-corrected chi connectivity index (χ0v) is 10.5. The number of halogens is 1. The van der Waals surface area contributed by atoms with Gasteiger partial charge in [0.05, 0.1) is 9.95 Å². The van der Waals surface area contributed by atoms with E-state index in [0.717, 1.165) is 18.7 Å². The minimum absolute atomic E-state index is 0.0145. The van der Waals surface area contributed by atoms with E-state index in [1.54, 1.807) is 6.07 Å². The number of nitro benzene ring substituents is 1. The van der Waals surface area contributed by atoms with Gasteiger partial charge in [0.15, 0.2) is 0 Å². The average molecular weight is 258 g/mol. The summed E-state index contributed by atoms with van der Waals surface area (Å²) in [6, 6.07) is 4.55. The first-order chi connectivity index (χ1) is 8.08. The number of nitrogens with zero attached hydrogens (tertiary/aromatic N) is 2. The number of nitro groups is 1. The highest BCUT2D eigenvalue weighted by molar-refractivity contribution is 6.31. The van der Waals surface area contributed by atoms with Crippen LogP contribution < -0.4 is 5.73 Å². The monoisotopic (exact) mass is 257 g/mol. The first-order valence-electron chi connectivity index (χ1n) is 5.43. The molecule has 0 aliphatic heterocycles. The second kappa shape index (κ2) is 6.54. The smallest absolute Gasteiger partial charge is 0.270 e. The standard InChI is InChI=1S/C11H16ClN3O2/c1-2-14(6-5-13)8-9-3-4-10(15(16)17)7-11(9)12/h3-4,7H,2,5-6,8,13H2,1H3. The Labute approximate surface area is 105 Å². The highest BCUT2D eigenvalue weighted by Gasteiger charge is 2.11. The molecular weight excluding hydrogens is 242 g/mol. The maximum absolute atomic E-state index is 10.6. The molecule has 1 aromatic carbocycles. The van der Waals surface area contributed by atoms with Crippen molar-refractivity contribution in [1.29, 1.82) is 0 Å². The quantitative estimate of drug-likeness (QED) is 0.625. The molecule has 0 saturated heterocycles. The van der Waals surface area contributed by atoms with Crippen LogP contribution >= 0.6 is 11.6 Å². The lowest BCUT2D eigenvalue weighted by Crippen LogP contribution is -2.28. The summed E-state index contributed by atoms with van der Waals surface area (Å²) in [5.41, 5.74) is 6.39. The number of rotatable bonds is 6. The van der Waals surface area contributed by atoms with Gasteiger partial charge in [-0.05, 0) is 18.2 Å². The molecule has 0 heterocycles. The first kappa shape index (κ1) is 13.9. The van der Waals surface area contributed by atoms with Crippen LogP contribution in [0, 0.1) is 10.1 Å². The van der Waals surface area contributed by atoms with E-state index in [2.05, 4.69) is 4.90 Å². The third-order valence-electron chi connectivity index (χ3n) is 2.53. The molecule has 94 valence electrons. The van der Waals surface area contributed by atoms with Gasteiger partial charge in [-0.3, -0.25) is 15.0 Å². The summed E-state index contributed by atoms with van der Waals surface area (Å²) < 4.78 is 0. The predicted molar refractivity (Wildman–Crippen MR) is 68.1 cm³/mol. The molecule has 0 unspecified atom stereocenters.